The third-order valence-corrected chi connectivity index (χ3v) is 12.3. The van der Waals surface area contributed by atoms with Crippen molar-refractivity contribution in [2.24, 2.45) is 28.6 Å². The van der Waals surface area contributed by atoms with Gasteiger partial charge in [0.2, 0.25) is 0 Å². The van der Waals surface area contributed by atoms with Crippen LogP contribution in [0.25, 0.3) is 0 Å². The van der Waals surface area contributed by atoms with Crippen LogP contribution in [0.15, 0.2) is 11.6 Å². The average Bonchev–Trinajstić information content (AvgIpc) is 3.46. The topological polar surface area (TPSA) is 186 Å². The number of aliphatic hydroxyl groups excluding tert-OH is 5. The van der Waals surface area contributed by atoms with E-state index < -0.39 is 70.9 Å². The number of ether oxygens (including phenoxy) is 3. The lowest BCUT2D eigenvalue weighted by Crippen LogP contribution is -2.72. The summed E-state index contributed by atoms with van der Waals surface area (Å²) in [5, 5.41) is 77.8. The molecule has 0 spiro atoms. The molecule has 7 N–H and O–H groups in total. The number of esters is 1. The molecule has 40 heavy (non-hydrogen) atoms. The van der Waals surface area contributed by atoms with E-state index in [1.165, 1.54) is 6.08 Å². The van der Waals surface area contributed by atoms with Crippen molar-refractivity contribution < 1.29 is 54.8 Å². The van der Waals surface area contributed by atoms with E-state index in [1.807, 2.05) is 6.92 Å². The molecule has 0 radical (unpaired) electrons. The predicted molar refractivity (Wildman–Crippen MR) is 137 cm³/mol. The first-order valence-corrected chi connectivity index (χ1v) is 14.8. The lowest BCUT2D eigenvalue weighted by Gasteiger charge is -2.67. The first-order chi connectivity index (χ1) is 18.8. The molecule has 11 heteroatoms. The van der Waals surface area contributed by atoms with E-state index in [9.17, 15) is 40.5 Å². The highest BCUT2D eigenvalue weighted by Gasteiger charge is 2.73. The van der Waals surface area contributed by atoms with Gasteiger partial charge in [-0.2, -0.15) is 0 Å². The molecule has 0 aromatic rings. The minimum atomic E-state index is -1.45. The highest BCUT2D eigenvalue weighted by molar-refractivity contribution is 5.85. The van der Waals surface area contributed by atoms with Gasteiger partial charge in [-0.15, -0.1) is 0 Å². The predicted octanol–water partition coefficient (Wildman–Crippen LogP) is -0.486. The van der Waals surface area contributed by atoms with Gasteiger partial charge in [0.15, 0.2) is 6.29 Å². The van der Waals surface area contributed by atoms with Crippen LogP contribution in [0.1, 0.15) is 65.2 Å². The van der Waals surface area contributed by atoms with E-state index in [1.54, 1.807) is 6.92 Å². The molecular formula is C29H44O11. The van der Waals surface area contributed by atoms with Crippen LogP contribution in [0.2, 0.25) is 0 Å². The Morgan fingerprint density at radius 3 is 2.42 bits per heavy atom. The largest absolute Gasteiger partial charge is 0.458 e. The van der Waals surface area contributed by atoms with Crippen LogP contribution in [0, 0.1) is 28.6 Å². The summed E-state index contributed by atoms with van der Waals surface area (Å²) in [6.07, 6.45) is -2.81. The second-order valence-electron chi connectivity index (χ2n) is 13.7. The summed E-state index contributed by atoms with van der Waals surface area (Å²) in [4.78, 5) is 11.8. The summed E-state index contributed by atoms with van der Waals surface area (Å²) >= 11 is 0. The second-order valence-corrected chi connectivity index (χ2v) is 13.7. The molecule has 14 atom stereocenters. The van der Waals surface area contributed by atoms with Crippen molar-refractivity contribution in [2.45, 2.75) is 119 Å². The van der Waals surface area contributed by atoms with Gasteiger partial charge in [-0.25, -0.2) is 4.79 Å². The third kappa shape index (κ3) is 3.79. The van der Waals surface area contributed by atoms with Crippen LogP contribution in [0.4, 0.5) is 0 Å². The van der Waals surface area contributed by atoms with Gasteiger partial charge in [0.25, 0.3) is 0 Å². The molecule has 226 valence electrons. The van der Waals surface area contributed by atoms with Crippen molar-refractivity contribution in [1.82, 2.24) is 0 Å². The maximum atomic E-state index is 12.4. The minimum absolute atomic E-state index is 0.164. The van der Waals surface area contributed by atoms with Gasteiger partial charge in [0, 0.05) is 23.3 Å². The Labute approximate surface area is 233 Å². The summed E-state index contributed by atoms with van der Waals surface area (Å²) in [6, 6.07) is 0. The van der Waals surface area contributed by atoms with E-state index in [4.69, 9.17) is 14.2 Å². The van der Waals surface area contributed by atoms with Gasteiger partial charge in [-0.3, -0.25) is 0 Å². The quantitative estimate of drug-likeness (QED) is 0.171. The fourth-order valence-corrected chi connectivity index (χ4v) is 9.92. The SMILES string of the molecule is C[C@H]1O[C@@H](O[C@H]2CC[C@]3(CO)[C@@H]4C[C@@H](O)[C@]5(C)[C@@H](C6=CC(=O)OC6)CC[C@]5(O)[C@H]4CC[C@]3(O)C2)[C@H](O)[C@H](O)[C@H]1O. The van der Waals surface area contributed by atoms with Gasteiger partial charge in [0.1, 0.15) is 24.9 Å². The Morgan fingerprint density at radius 1 is 1.00 bits per heavy atom. The smallest absolute Gasteiger partial charge is 0.331 e. The van der Waals surface area contributed by atoms with Crippen molar-refractivity contribution in [3.05, 3.63) is 11.6 Å². The second kappa shape index (κ2) is 9.68. The zero-order valence-electron chi connectivity index (χ0n) is 23.2. The molecule has 6 rings (SSSR count). The molecule has 4 aliphatic carbocycles. The van der Waals surface area contributed by atoms with E-state index in [0.717, 1.165) is 5.57 Å². The molecule has 6 aliphatic rings. The van der Waals surface area contributed by atoms with E-state index in [2.05, 4.69) is 0 Å². The van der Waals surface area contributed by atoms with Crippen LogP contribution in [0.3, 0.4) is 0 Å². The van der Waals surface area contributed by atoms with Gasteiger partial charge in [-0.05, 0) is 75.2 Å². The number of carbonyl (C=O) groups is 1. The first kappa shape index (κ1) is 28.9. The summed E-state index contributed by atoms with van der Waals surface area (Å²) < 4.78 is 16.8. The van der Waals surface area contributed by atoms with Crippen LogP contribution < -0.4 is 0 Å². The number of cyclic esters (lactones) is 1. The maximum Gasteiger partial charge on any atom is 0.331 e. The van der Waals surface area contributed by atoms with Gasteiger partial charge >= 0.3 is 5.97 Å². The molecule has 0 amide bonds. The number of hydrogen-bond donors (Lipinski definition) is 7. The van der Waals surface area contributed by atoms with Gasteiger partial charge < -0.3 is 50.0 Å². The summed E-state index contributed by atoms with van der Waals surface area (Å²) in [5.41, 5.74) is -3.63. The molecule has 0 aromatic carbocycles. The fourth-order valence-electron chi connectivity index (χ4n) is 9.92. The lowest BCUT2D eigenvalue weighted by atomic mass is 9.41. The van der Waals surface area contributed by atoms with Crippen molar-refractivity contribution in [3.63, 3.8) is 0 Å². The monoisotopic (exact) mass is 568 g/mol. The maximum absolute atomic E-state index is 12.4. The Morgan fingerprint density at radius 2 is 1.75 bits per heavy atom. The standard InChI is InChI=1S/C29H44O11/c1-14-22(33)23(34)24(35)25(39-14)40-16-3-6-27(13-30)19-10-20(31)26(2)17(15-9-21(32)38-12-15)5-8-29(26,37)18(19)4-7-28(27,36)11-16/h9,14,16-20,22-25,30-31,33-37H,3-8,10-13H2,1-2H3/t14-,16+,17-,18+,19-,20-,22+,23-,24-,25+,26+,27+,28+,29+/m1/s1. The van der Waals surface area contributed by atoms with Crippen LogP contribution in [0.5, 0.6) is 0 Å². The highest BCUT2D eigenvalue weighted by atomic mass is 16.7. The molecule has 2 aliphatic heterocycles. The van der Waals surface area contributed by atoms with E-state index >= 15 is 0 Å². The van der Waals surface area contributed by atoms with Crippen molar-refractivity contribution in [3.8, 4) is 0 Å². The first-order valence-electron chi connectivity index (χ1n) is 14.8. The Bertz CT molecular complexity index is 1050. The van der Waals surface area contributed by atoms with Crippen LogP contribution in [-0.2, 0) is 19.0 Å². The van der Waals surface area contributed by atoms with Crippen molar-refractivity contribution in [1.29, 1.82) is 0 Å². The summed E-state index contributed by atoms with van der Waals surface area (Å²) in [7, 11) is 0. The van der Waals surface area contributed by atoms with Crippen LogP contribution in [-0.4, -0.2) is 109 Å². The zero-order valence-corrected chi connectivity index (χ0v) is 23.2. The number of aliphatic hydroxyl groups is 7. The minimum Gasteiger partial charge on any atom is -0.458 e. The number of carbonyl (C=O) groups excluding carboxylic acids is 1. The Balaban J connectivity index is 1.25. The number of rotatable bonds is 4. The van der Waals surface area contributed by atoms with E-state index in [-0.39, 0.29) is 37.4 Å². The molecule has 4 saturated carbocycles. The molecule has 2 heterocycles. The van der Waals surface area contributed by atoms with E-state index in [0.29, 0.717) is 44.9 Å². The van der Waals surface area contributed by atoms with Crippen LogP contribution >= 0.6 is 0 Å². The van der Waals surface area contributed by atoms with Gasteiger partial charge in [0.05, 0.1) is 36.1 Å². The molecule has 0 bridgehead atoms. The lowest BCUT2D eigenvalue weighted by molar-refractivity contribution is -0.325. The molecule has 0 aromatic heterocycles. The summed E-state index contributed by atoms with van der Waals surface area (Å²) in [5.74, 6) is -1.19. The summed E-state index contributed by atoms with van der Waals surface area (Å²) in [6.45, 7) is 3.36. The third-order valence-electron chi connectivity index (χ3n) is 12.3. The molecule has 5 fully saturated rings. The van der Waals surface area contributed by atoms with Crippen molar-refractivity contribution in [2.75, 3.05) is 13.2 Å². The Kier molecular flexibility index (Phi) is 7.01. The van der Waals surface area contributed by atoms with Crippen molar-refractivity contribution >= 4 is 5.97 Å². The Hall–Kier alpha value is -1.15. The van der Waals surface area contributed by atoms with Gasteiger partial charge in [-0.1, -0.05) is 6.92 Å². The average molecular weight is 569 g/mol. The molecule has 1 saturated heterocycles. The number of hydrogen-bond acceptors (Lipinski definition) is 11. The number of fused-ring (bicyclic) bond motifs is 5. The fraction of sp³-hybridized carbons (Fsp3) is 0.897. The zero-order chi connectivity index (χ0) is 28.8. The highest BCUT2D eigenvalue weighted by Crippen LogP contribution is 2.70. The normalized spacial score (nSPS) is 56.1. The molecular weight excluding hydrogens is 524 g/mol. The molecule has 0 unspecified atom stereocenters. The molecule has 11 nitrogen and oxygen atoms in total.